The second kappa shape index (κ2) is 4.00. The van der Waals surface area contributed by atoms with Crippen molar-refractivity contribution in [3.05, 3.63) is 0 Å². The third-order valence-electron chi connectivity index (χ3n) is 1.09. The lowest BCUT2D eigenvalue weighted by atomic mass is 10.1. The largest absolute Gasteiger partial charge is 0.394 e. The smallest absolute Gasteiger partial charge is 0.316 e. The predicted octanol–water partition coefficient (Wildman–Crippen LogP) is 0.850. The van der Waals surface area contributed by atoms with Crippen LogP contribution in [0.2, 0.25) is 0 Å². The van der Waals surface area contributed by atoms with Gasteiger partial charge in [0, 0.05) is 0 Å². The lowest BCUT2D eigenvalue weighted by molar-refractivity contribution is -0.174. The molecular formula is C4H10ClF3N2. The first kappa shape index (κ1) is 12.7. The summed E-state index contributed by atoms with van der Waals surface area (Å²) >= 11 is 0. The van der Waals surface area contributed by atoms with Crippen LogP contribution < -0.4 is 11.5 Å². The van der Waals surface area contributed by atoms with E-state index in [0.29, 0.717) is 0 Å². The minimum atomic E-state index is -4.27. The van der Waals surface area contributed by atoms with E-state index in [4.69, 9.17) is 11.5 Å². The Morgan fingerprint density at radius 1 is 1.20 bits per heavy atom. The maximum Gasteiger partial charge on any atom is 0.394 e. The van der Waals surface area contributed by atoms with Crippen molar-refractivity contribution < 1.29 is 13.2 Å². The molecule has 0 spiro atoms. The van der Waals surface area contributed by atoms with Crippen molar-refractivity contribution in [3.8, 4) is 0 Å². The van der Waals surface area contributed by atoms with E-state index < -0.39 is 18.3 Å². The highest BCUT2D eigenvalue weighted by atomic mass is 35.5. The SMILES string of the molecule is C[C@@H](C(N)N)C(F)(F)F.Cl. The molecule has 0 unspecified atom stereocenters. The highest BCUT2D eigenvalue weighted by Crippen LogP contribution is 2.25. The fraction of sp³-hybridized carbons (Fsp3) is 1.00. The third kappa shape index (κ3) is 3.92. The molecule has 6 heteroatoms. The van der Waals surface area contributed by atoms with Gasteiger partial charge in [0.15, 0.2) is 0 Å². The first-order valence-electron chi connectivity index (χ1n) is 2.43. The van der Waals surface area contributed by atoms with Gasteiger partial charge in [-0.15, -0.1) is 12.4 Å². The van der Waals surface area contributed by atoms with Gasteiger partial charge in [0.2, 0.25) is 0 Å². The van der Waals surface area contributed by atoms with Gasteiger partial charge < -0.3 is 11.5 Å². The van der Waals surface area contributed by atoms with Crippen LogP contribution in [0.5, 0.6) is 0 Å². The van der Waals surface area contributed by atoms with Crippen molar-refractivity contribution in [1.82, 2.24) is 0 Å². The van der Waals surface area contributed by atoms with Crippen molar-refractivity contribution in [2.75, 3.05) is 0 Å². The second-order valence-corrected chi connectivity index (χ2v) is 1.91. The van der Waals surface area contributed by atoms with E-state index in [2.05, 4.69) is 0 Å². The molecule has 0 amide bonds. The quantitative estimate of drug-likeness (QED) is 0.585. The average molecular weight is 179 g/mol. The maximum atomic E-state index is 11.5. The fourth-order valence-corrected chi connectivity index (χ4v) is 0.218. The Morgan fingerprint density at radius 2 is 1.50 bits per heavy atom. The Hall–Kier alpha value is -0.0000000000000000555. The summed E-state index contributed by atoms with van der Waals surface area (Å²) in [7, 11) is 0. The number of hydrogen-bond donors (Lipinski definition) is 2. The first-order valence-corrected chi connectivity index (χ1v) is 2.43. The molecule has 64 valence electrons. The molecule has 0 heterocycles. The highest BCUT2D eigenvalue weighted by molar-refractivity contribution is 5.85. The van der Waals surface area contributed by atoms with Crippen LogP contribution in [0.25, 0.3) is 0 Å². The molecule has 0 aromatic heterocycles. The summed E-state index contributed by atoms with van der Waals surface area (Å²) in [6.07, 6.45) is -5.58. The number of hydrogen-bond acceptors (Lipinski definition) is 2. The van der Waals surface area contributed by atoms with Crippen LogP contribution in [0.4, 0.5) is 13.2 Å². The van der Waals surface area contributed by atoms with E-state index in [0.717, 1.165) is 6.92 Å². The molecule has 1 atom stereocenters. The zero-order chi connectivity index (χ0) is 7.65. The number of halogens is 4. The number of nitrogens with two attached hydrogens (primary N) is 2. The lowest BCUT2D eigenvalue weighted by Gasteiger charge is -2.18. The topological polar surface area (TPSA) is 52.0 Å². The van der Waals surface area contributed by atoms with E-state index in [1.165, 1.54) is 0 Å². The Bertz CT molecular complexity index is 93.0. The van der Waals surface area contributed by atoms with Crippen LogP contribution in [0, 0.1) is 5.92 Å². The van der Waals surface area contributed by atoms with E-state index in [-0.39, 0.29) is 12.4 Å². The summed E-state index contributed by atoms with van der Waals surface area (Å²) in [6, 6.07) is 0. The Balaban J connectivity index is 0. The molecule has 2 nitrogen and oxygen atoms in total. The van der Waals surface area contributed by atoms with E-state index >= 15 is 0 Å². The van der Waals surface area contributed by atoms with Crippen LogP contribution in [0.1, 0.15) is 6.92 Å². The van der Waals surface area contributed by atoms with Crippen LogP contribution in [-0.2, 0) is 0 Å². The Kier molecular flexibility index (Phi) is 5.06. The summed E-state index contributed by atoms with van der Waals surface area (Å²) in [5, 5.41) is 0. The van der Waals surface area contributed by atoms with Crippen molar-refractivity contribution in [2.24, 2.45) is 17.4 Å². The number of alkyl halides is 3. The average Bonchev–Trinajstić information content (AvgIpc) is 1.62. The molecule has 0 radical (unpaired) electrons. The van der Waals surface area contributed by atoms with Gasteiger partial charge in [-0.2, -0.15) is 13.2 Å². The molecule has 0 rings (SSSR count). The molecule has 4 N–H and O–H groups in total. The fourth-order valence-electron chi connectivity index (χ4n) is 0.218. The van der Waals surface area contributed by atoms with Gasteiger partial charge in [0.05, 0.1) is 12.1 Å². The van der Waals surface area contributed by atoms with Crippen LogP contribution in [0.3, 0.4) is 0 Å². The molecular weight excluding hydrogens is 169 g/mol. The van der Waals surface area contributed by atoms with Crippen LogP contribution in [0.15, 0.2) is 0 Å². The van der Waals surface area contributed by atoms with E-state index in [9.17, 15) is 13.2 Å². The summed E-state index contributed by atoms with van der Waals surface area (Å²) < 4.78 is 34.6. The molecule has 10 heavy (non-hydrogen) atoms. The van der Waals surface area contributed by atoms with Gasteiger partial charge in [-0.05, 0) is 0 Å². The molecule has 0 saturated carbocycles. The van der Waals surface area contributed by atoms with Crippen molar-refractivity contribution >= 4 is 12.4 Å². The first-order chi connectivity index (χ1) is 3.85. The van der Waals surface area contributed by atoms with E-state index in [1.54, 1.807) is 0 Å². The lowest BCUT2D eigenvalue weighted by Crippen LogP contribution is -2.44. The maximum absolute atomic E-state index is 11.5. The second-order valence-electron chi connectivity index (χ2n) is 1.91. The van der Waals surface area contributed by atoms with Crippen molar-refractivity contribution in [3.63, 3.8) is 0 Å². The summed E-state index contributed by atoms with van der Waals surface area (Å²) in [4.78, 5) is 0. The van der Waals surface area contributed by atoms with Gasteiger partial charge in [-0.1, -0.05) is 6.92 Å². The molecule has 0 aliphatic heterocycles. The predicted molar refractivity (Wildman–Crippen MR) is 34.6 cm³/mol. The minimum absolute atomic E-state index is 0. The van der Waals surface area contributed by atoms with Crippen LogP contribution >= 0.6 is 12.4 Å². The van der Waals surface area contributed by atoms with Gasteiger partial charge in [-0.25, -0.2) is 0 Å². The molecule has 0 fully saturated rings. The van der Waals surface area contributed by atoms with Gasteiger partial charge >= 0.3 is 6.18 Å². The summed E-state index contributed by atoms with van der Waals surface area (Å²) in [5.74, 6) is -1.63. The zero-order valence-electron chi connectivity index (χ0n) is 5.35. The van der Waals surface area contributed by atoms with Gasteiger partial charge in [0.1, 0.15) is 0 Å². The van der Waals surface area contributed by atoms with Crippen molar-refractivity contribution in [2.45, 2.75) is 19.3 Å². The standard InChI is InChI=1S/C4H9F3N2.ClH/c1-2(3(8)9)4(5,6)7;/h2-3H,8-9H2,1H3;1H/t2-;/m0./s1. The van der Waals surface area contributed by atoms with Crippen LogP contribution in [-0.4, -0.2) is 12.3 Å². The minimum Gasteiger partial charge on any atom is -0.316 e. The Morgan fingerprint density at radius 3 is 1.50 bits per heavy atom. The summed E-state index contributed by atoms with van der Waals surface area (Å²) in [5.41, 5.74) is 9.56. The summed E-state index contributed by atoms with van der Waals surface area (Å²) in [6.45, 7) is 0.949. The van der Waals surface area contributed by atoms with E-state index in [1.807, 2.05) is 0 Å². The van der Waals surface area contributed by atoms with Gasteiger partial charge in [-0.3, -0.25) is 0 Å². The molecule has 0 aromatic rings. The van der Waals surface area contributed by atoms with Gasteiger partial charge in [0.25, 0.3) is 0 Å². The third-order valence-corrected chi connectivity index (χ3v) is 1.09. The molecule has 0 saturated heterocycles. The Labute approximate surface area is 63.2 Å². The molecule has 0 aliphatic carbocycles. The normalized spacial score (nSPS) is 14.7. The molecule has 0 bridgehead atoms. The van der Waals surface area contributed by atoms with Crippen molar-refractivity contribution in [1.29, 1.82) is 0 Å². The number of rotatable bonds is 1. The zero-order valence-corrected chi connectivity index (χ0v) is 6.17. The molecule has 0 aromatic carbocycles. The molecule has 0 aliphatic rings. The monoisotopic (exact) mass is 178 g/mol. The highest BCUT2D eigenvalue weighted by Gasteiger charge is 2.38.